The minimum absolute atomic E-state index is 0.0605. The summed E-state index contributed by atoms with van der Waals surface area (Å²) < 4.78 is 5.34. The second kappa shape index (κ2) is 6.21. The monoisotopic (exact) mass is 292 g/mol. The number of halogens is 1. The summed E-state index contributed by atoms with van der Waals surface area (Å²) >= 11 is 5.65. The average Bonchev–Trinajstić information content (AvgIpc) is 2.38. The summed E-state index contributed by atoms with van der Waals surface area (Å²) in [4.78, 5) is 19.7. The third-order valence-corrected chi connectivity index (χ3v) is 2.55. The minimum atomic E-state index is -0.354. The van der Waals surface area contributed by atoms with E-state index in [-0.39, 0.29) is 11.2 Å². The van der Waals surface area contributed by atoms with Gasteiger partial charge in [0.1, 0.15) is 11.6 Å². The molecule has 0 radical (unpaired) electrons. The van der Waals surface area contributed by atoms with Crippen molar-refractivity contribution in [3.05, 3.63) is 41.3 Å². The van der Waals surface area contributed by atoms with Gasteiger partial charge in [0.05, 0.1) is 6.61 Å². The third-order valence-electron chi connectivity index (χ3n) is 2.37. The van der Waals surface area contributed by atoms with Crippen LogP contribution in [0.1, 0.15) is 17.3 Å². The summed E-state index contributed by atoms with van der Waals surface area (Å²) in [5.41, 5.74) is 6.56. The van der Waals surface area contributed by atoms with Crippen molar-refractivity contribution >= 4 is 29.0 Å². The molecule has 2 aromatic rings. The van der Waals surface area contributed by atoms with Gasteiger partial charge < -0.3 is 15.8 Å². The van der Waals surface area contributed by atoms with E-state index in [1.165, 1.54) is 6.20 Å². The molecule has 3 N–H and O–H groups in total. The molecule has 0 atom stereocenters. The molecule has 0 saturated heterocycles. The summed E-state index contributed by atoms with van der Waals surface area (Å²) in [6, 6.07) is 6.36. The number of aromatic nitrogens is 2. The number of benzene rings is 1. The highest BCUT2D eigenvalue weighted by Gasteiger charge is 2.10. The molecule has 1 aromatic carbocycles. The van der Waals surface area contributed by atoms with Gasteiger partial charge in [0.15, 0.2) is 0 Å². The number of hydrogen-bond donors (Lipinski definition) is 2. The van der Waals surface area contributed by atoms with Gasteiger partial charge in [0.25, 0.3) is 5.91 Å². The maximum absolute atomic E-state index is 12.1. The molecule has 0 bridgehead atoms. The molecular weight excluding hydrogens is 280 g/mol. The van der Waals surface area contributed by atoms with Crippen molar-refractivity contribution in [3.63, 3.8) is 0 Å². The van der Waals surface area contributed by atoms with Crippen molar-refractivity contribution in [2.24, 2.45) is 0 Å². The second-order valence-corrected chi connectivity index (χ2v) is 4.23. The number of rotatable bonds is 4. The van der Waals surface area contributed by atoms with Gasteiger partial charge in [-0.15, -0.1) is 0 Å². The lowest BCUT2D eigenvalue weighted by Gasteiger charge is -2.08. The van der Waals surface area contributed by atoms with Gasteiger partial charge in [-0.1, -0.05) is 0 Å². The van der Waals surface area contributed by atoms with Gasteiger partial charge in [-0.05, 0) is 36.7 Å². The summed E-state index contributed by atoms with van der Waals surface area (Å²) in [7, 11) is 0. The molecule has 0 saturated carbocycles. The number of nitrogen functional groups attached to an aromatic ring is 1. The number of anilines is 2. The van der Waals surface area contributed by atoms with E-state index in [1.54, 1.807) is 24.3 Å². The first-order valence-electron chi connectivity index (χ1n) is 5.91. The fourth-order valence-corrected chi connectivity index (χ4v) is 1.74. The van der Waals surface area contributed by atoms with Crippen LogP contribution in [0, 0.1) is 0 Å². The Balaban J connectivity index is 2.20. The van der Waals surface area contributed by atoms with Gasteiger partial charge in [-0.25, -0.2) is 9.97 Å². The molecule has 0 aliphatic heterocycles. The fourth-order valence-electron chi connectivity index (χ4n) is 1.60. The van der Waals surface area contributed by atoms with Crippen LogP contribution in [-0.4, -0.2) is 22.5 Å². The summed E-state index contributed by atoms with van der Waals surface area (Å²) in [5.74, 6) is 0.502. The zero-order valence-corrected chi connectivity index (χ0v) is 11.5. The van der Waals surface area contributed by atoms with Crippen molar-refractivity contribution in [3.8, 4) is 5.75 Å². The van der Waals surface area contributed by atoms with Crippen molar-refractivity contribution < 1.29 is 9.53 Å². The van der Waals surface area contributed by atoms with Crippen LogP contribution in [0.4, 0.5) is 11.5 Å². The molecule has 104 valence electrons. The van der Waals surface area contributed by atoms with E-state index in [0.717, 1.165) is 0 Å². The van der Waals surface area contributed by atoms with Gasteiger partial charge in [0, 0.05) is 23.5 Å². The molecule has 0 spiro atoms. The molecule has 1 heterocycles. The standard InChI is InChI=1S/C13H13ClN4O2/c1-2-20-10-6-8(5-9(15)7-10)12(19)17-11-3-4-16-13(14)18-11/h3-7H,2,15H2,1H3,(H,16,17,18,19). The highest BCUT2D eigenvalue weighted by atomic mass is 35.5. The number of nitrogens with zero attached hydrogens (tertiary/aromatic N) is 2. The molecule has 1 aromatic heterocycles. The lowest BCUT2D eigenvalue weighted by atomic mass is 10.1. The topological polar surface area (TPSA) is 90.1 Å². The maximum atomic E-state index is 12.1. The second-order valence-electron chi connectivity index (χ2n) is 3.89. The van der Waals surface area contributed by atoms with Gasteiger partial charge in [0.2, 0.25) is 5.28 Å². The van der Waals surface area contributed by atoms with Crippen LogP contribution in [0.25, 0.3) is 0 Å². The third kappa shape index (κ3) is 3.58. The Labute approximate surface area is 120 Å². The van der Waals surface area contributed by atoms with Crippen LogP contribution < -0.4 is 15.8 Å². The lowest BCUT2D eigenvalue weighted by Crippen LogP contribution is -2.13. The van der Waals surface area contributed by atoms with E-state index < -0.39 is 0 Å². The van der Waals surface area contributed by atoms with E-state index in [4.69, 9.17) is 22.1 Å². The number of nitrogens with one attached hydrogen (secondary N) is 1. The summed E-state index contributed by atoms with van der Waals surface area (Å²) in [5, 5.41) is 2.67. The molecule has 0 unspecified atom stereocenters. The first-order chi connectivity index (χ1) is 9.58. The van der Waals surface area contributed by atoms with E-state index in [0.29, 0.717) is 29.4 Å². The summed E-state index contributed by atoms with van der Waals surface area (Å²) in [6.45, 7) is 2.35. The van der Waals surface area contributed by atoms with Crippen LogP contribution in [0.15, 0.2) is 30.5 Å². The Morgan fingerprint density at radius 3 is 2.95 bits per heavy atom. The van der Waals surface area contributed by atoms with E-state index in [2.05, 4.69) is 15.3 Å². The van der Waals surface area contributed by atoms with Gasteiger partial charge >= 0.3 is 0 Å². The van der Waals surface area contributed by atoms with Crippen molar-refractivity contribution in [2.45, 2.75) is 6.92 Å². The Kier molecular flexibility index (Phi) is 4.37. The SMILES string of the molecule is CCOc1cc(N)cc(C(=O)Nc2ccnc(Cl)n2)c1. The van der Waals surface area contributed by atoms with Crippen LogP contribution in [0.5, 0.6) is 5.75 Å². The first kappa shape index (κ1) is 14.1. The Morgan fingerprint density at radius 2 is 2.25 bits per heavy atom. The zero-order valence-electron chi connectivity index (χ0n) is 10.8. The molecule has 1 amide bonds. The van der Waals surface area contributed by atoms with Gasteiger partial charge in [-0.3, -0.25) is 4.79 Å². The Morgan fingerprint density at radius 1 is 1.45 bits per heavy atom. The molecule has 0 aliphatic rings. The highest BCUT2D eigenvalue weighted by molar-refractivity contribution is 6.28. The average molecular weight is 293 g/mol. The van der Waals surface area contributed by atoms with Crippen LogP contribution in [0.2, 0.25) is 5.28 Å². The smallest absolute Gasteiger partial charge is 0.257 e. The zero-order chi connectivity index (χ0) is 14.5. The molecule has 7 heteroatoms. The quantitative estimate of drug-likeness (QED) is 0.667. The first-order valence-corrected chi connectivity index (χ1v) is 6.29. The van der Waals surface area contributed by atoms with E-state index in [9.17, 15) is 4.79 Å². The number of amides is 1. The molecule has 2 rings (SSSR count). The fraction of sp³-hybridized carbons (Fsp3) is 0.154. The predicted molar refractivity (Wildman–Crippen MR) is 77.0 cm³/mol. The maximum Gasteiger partial charge on any atom is 0.257 e. The number of nitrogens with two attached hydrogens (primary N) is 1. The van der Waals surface area contributed by atoms with Crippen molar-refractivity contribution in [1.29, 1.82) is 0 Å². The van der Waals surface area contributed by atoms with E-state index >= 15 is 0 Å². The Hall–Kier alpha value is -2.34. The van der Waals surface area contributed by atoms with Crippen LogP contribution >= 0.6 is 11.6 Å². The Bertz CT molecular complexity index is 634. The molecule has 0 fully saturated rings. The number of hydrogen-bond acceptors (Lipinski definition) is 5. The van der Waals surface area contributed by atoms with Crippen molar-refractivity contribution in [1.82, 2.24) is 9.97 Å². The number of ether oxygens (including phenoxy) is 1. The lowest BCUT2D eigenvalue weighted by molar-refractivity contribution is 0.102. The minimum Gasteiger partial charge on any atom is -0.494 e. The molecule has 6 nitrogen and oxygen atoms in total. The normalized spacial score (nSPS) is 10.1. The largest absolute Gasteiger partial charge is 0.494 e. The highest BCUT2D eigenvalue weighted by Crippen LogP contribution is 2.20. The summed E-state index contributed by atoms with van der Waals surface area (Å²) in [6.07, 6.45) is 1.45. The molecule has 20 heavy (non-hydrogen) atoms. The van der Waals surface area contributed by atoms with Crippen LogP contribution in [-0.2, 0) is 0 Å². The number of carbonyl (C=O) groups is 1. The van der Waals surface area contributed by atoms with Crippen molar-refractivity contribution in [2.75, 3.05) is 17.7 Å². The molecule has 0 aliphatic carbocycles. The number of carbonyl (C=O) groups excluding carboxylic acids is 1. The van der Waals surface area contributed by atoms with Crippen LogP contribution in [0.3, 0.4) is 0 Å². The van der Waals surface area contributed by atoms with E-state index in [1.807, 2.05) is 6.92 Å². The van der Waals surface area contributed by atoms with Gasteiger partial charge in [-0.2, -0.15) is 0 Å². The molecular formula is C13H13ClN4O2. The predicted octanol–water partition coefficient (Wildman–Crippen LogP) is 2.36.